The highest BCUT2D eigenvalue weighted by atomic mass is 32.2. The molecule has 9 heteroatoms. The van der Waals surface area contributed by atoms with E-state index >= 15 is 0 Å². The zero-order chi connectivity index (χ0) is 19.4. The number of hydrogen-bond acceptors (Lipinski definition) is 6. The van der Waals surface area contributed by atoms with Gasteiger partial charge in [-0.2, -0.15) is 0 Å². The van der Waals surface area contributed by atoms with Crippen molar-refractivity contribution < 1.29 is 19.5 Å². The number of benzene rings is 1. The summed E-state index contributed by atoms with van der Waals surface area (Å²) in [4.78, 5) is 52.0. The number of fused-ring (bicyclic) bond motifs is 1. The molecule has 27 heavy (non-hydrogen) atoms. The van der Waals surface area contributed by atoms with Gasteiger partial charge in [0.1, 0.15) is 5.25 Å². The van der Waals surface area contributed by atoms with Crippen LogP contribution in [-0.2, 0) is 16.1 Å². The van der Waals surface area contributed by atoms with Crippen molar-refractivity contribution in [2.45, 2.75) is 24.6 Å². The van der Waals surface area contributed by atoms with Crippen LogP contribution in [0.5, 0.6) is 0 Å². The quantitative estimate of drug-likeness (QED) is 0.649. The van der Waals surface area contributed by atoms with Crippen molar-refractivity contribution in [3.63, 3.8) is 0 Å². The number of nitrogens with one attached hydrogen (secondary N) is 2. The molecular weight excluding hydrogens is 370 g/mol. The first-order valence-electron chi connectivity index (χ1n) is 8.49. The van der Waals surface area contributed by atoms with E-state index < -0.39 is 16.4 Å². The maximum Gasteiger partial charge on any atom is 0.286 e. The Hall–Kier alpha value is -2.65. The van der Waals surface area contributed by atoms with Crippen LogP contribution >= 0.6 is 11.8 Å². The second-order valence-electron chi connectivity index (χ2n) is 6.18. The highest BCUT2D eigenvalue weighted by Crippen LogP contribution is 2.24. The molecule has 2 aromatic rings. The largest absolute Gasteiger partial charge is 0.396 e. The van der Waals surface area contributed by atoms with Gasteiger partial charge in [0.2, 0.25) is 17.4 Å². The number of aliphatic hydroxyl groups excluding tert-OH is 1. The Morgan fingerprint density at radius 3 is 2.70 bits per heavy atom. The number of nitrogens with zero attached hydrogens (tertiary/aromatic N) is 1. The van der Waals surface area contributed by atoms with E-state index in [1.54, 1.807) is 6.07 Å². The predicted molar refractivity (Wildman–Crippen MR) is 101 cm³/mol. The van der Waals surface area contributed by atoms with Gasteiger partial charge >= 0.3 is 0 Å². The summed E-state index contributed by atoms with van der Waals surface area (Å²) in [5.41, 5.74) is 1.08. The van der Waals surface area contributed by atoms with E-state index in [1.165, 1.54) is 11.0 Å². The lowest BCUT2D eigenvalue weighted by atomic mass is 10.1. The van der Waals surface area contributed by atoms with Crippen LogP contribution in [0.4, 0.5) is 4.79 Å². The average molecular weight is 389 g/mol. The molecule has 1 unspecified atom stereocenters. The lowest BCUT2D eigenvalue weighted by Gasteiger charge is -2.24. The highest BCUT2D eigenvalue weighted by molar-refractivity contribution is 8.15. The van der Waals surface area contributed by atoms with Gasteiger partial charge in [0.15, 0.2) is 0 Å². The minimum Gasteiger partial charge on any atom is -0.396 e. The molecule has 0 radical (unpaired) electrons. The smallest absolute Gasteiger partial charge is 0.286 e. The lowest BCUT2D eigenvalue weighted by Crippen LogP contribution is -2.36. The van der Waals surface area contributed by atoms with Crippen LogP contribution in [0.2, 0.25) is 0 Å². The fraction of sp³-hybridized carbons (Fsp3) is 0.333. The van der Waals surface area contributed by atoms with Gasteiger partial charge in [0.05, 0.1) is 0 Å². The van der Waals surface area contributed by atoms with Gasteiger partial charge in [-0.1, -0.05) is 30.0 Å². The SMILES string of the molecule is O=C1NC(=O)C(CC(=O)N(CCCO)Cc2cc(=O)[nH]c3ccccc23)S1. The molecule has 2 heterocycles. The number of imide groups is 1. The van der Waals surface area contributed by atoms with Crippen molar-refractivity contribution in [1.29, 1.82) is 0 Å². The third-order valence-electron chi connectivity index (χ3n) is 4.26. The van der Waals surface area contributed by atoms with Gasteiger partial charge in [-0.3, -0.25) is 24.5 Å². The standard InChI is InChI=1S/C18H19N3O5S/c22-7-3-6-21(16(24)9-14-17(25)20-18(26)27-14)10-11-8-15(23)19-13-5-2-1-4-12(11)13/h1-2,4-5,8,14,22H,3,6-7,9-10H2,(H,19,23)(H,20,25,26). The Balaban J connectivity index is 1.83. The van der Waals surface area contributed by atoms with Crippen LogP contribution in [0.3, 0.4) is 0 Å². The first-order chi connectivity index (χ1) is 13.0. The number of rotatable bonds is 7. The summed E-state index contributed by atoms with van der Waals surface area (Å²) < 4.78 is 0. The molecule has 1 atom stereocenters. The first-order valence-corrected chi connectivity index (χ1v) is 9.37. The number of amides is 3. The predicted octanol–water partition coefficient (Wildman–Crippen LogP) is 0.981. The Morgan fingerprint density at radius 1 is 1.22 bits per heavy atom. The molecule has 1 aliphatic rings. The normalized spacial score (nSPS) is 16.6. The topological polar surface area (TPSA) is 120 Å². The number of pyridine rings is 1. The maximum absolute atomic E-state index is 12.7. The lowest BCUT2D eigenvalue weighted by molar-refractivity contribution is -0.133. The number of thioether (sulfide) groups is 1. The molecule has 8 nitrogen and oxygen atoms in total. The molecule has 1 aliphatic heterocycles. The van der Waals surface area contributed by atoms with Gasteiger partial charge in [-0.25, -0.2) is 0 Å². The van der Waals surface area contributed by atoms with Crippen LogP contribution in [0.15, 0.2) is 35.1 Å². The molecule has 1 saturated heterocycles. The molecular formula is C18H19N3O5S. The minimum absolute atomic E-state index is 0.0863. The van der Waals surface area contributed by atoms with E-state index in [4.69, 9.17) is 5.11 Å². The van der Waals surface area contributed by atoms with Crippen molar-refractivity contribution in [1.82, 2.24) is 15.2 Å². The Bertz CT molecular complexity index is 942. The molecule has 1 aromatic heterocycles. The van der Waals surface area contributed by atoms with Crippen LogP contribution in [0.25, 0.3) is 10.9 Å². The highest BCUT2D eigenvalue weighted by Gasteiger charge is 2.34. The number of carbonyl (C=O) groups is 3. The van der Waals surface area contributed by atoms with Crippen LogP contribution in [0.1, 0.15) is 18.4 Å². The summed E-state index contributed by atoms with van der Waals surface area (Å²) in [6.45, 7) is 0.372. The molecule has 0 spiro atoms. The number of H-pyrrole nitrogens is 1. The van der Waals surface area contributed by atoms with Crippen molar-refractivity contribution in [3.05, 3.63) is 46.2 Å². The third kappa shape index (κ3) is 4.55. The molecule has 3 N–H and O–H groups in total. The Morgan fingerprint density at radius 2 is 2.00 bits per heavy atom. The van der Waals surface area contributed by atoms with Gasteiger partial charge in [0.25, 0.3) is 5.24 Å². The Kier molecular flexibility index (Phi) is 5.92. The number of carbonyl (C=O) groups excluding carboxylic acids is 3. The molecule has 0 aliphatic carbocycles. The zero-order valence-electron chi connectivity index (χ0n) is 14.4. The number of hydrogen-bond donors (Lipinski definition) is 3. The molecule has 0 bridgehead atoms. The maximum atomic E-state index is 12.7. The summed E-state index contributed by atoms with van der Waals surface area (Å²) in [7, 11) is 0. The molecule has 1 fully saturated rings. The van der Waals surface area contributed by atoms with Gasteiger partial charge < -0.3 is 15.0 Å². The second-order valence-corrected chi connectivity index (χ2v) is 7.36. The van der Waals surface area contributed by atoms with Crippen LogP contribution in [0, 0.1) is 0 Å². The summed E-state index contributed by atoms with van der Waals surface area (Å²) in [6, 6.07) is 8.74. The fourth-order valence-corrected chi connectivity index (χ4v) is 3.79. The van der Waals surface area contributed by atoms with Crippen molar-refractivity contribution in [2.24, 2.45) is 0 Å². The fourth-order valence-electron chi connectivity index (χ4n) is 2.98. The molecule has 3 rings (SSSR count). The first kappa shape index (κ1) is 19.1. The van der Waals surface area contributed by atoms with E-state index in [1.807, 2.05) is 18.2 Å². The number of aromatic nitrogens is 1. The van der Waals surface area contributed by atoms with Crippen molar-refractivity contribution in [2.75, 3.05) is 13.2 Å². The summed E-state index contributed by atoms with van der Waals surface area (Å²) >= 11 is 0.803. The van der Waals surface area contributed by atoms with Crippen molar-refractivity contribution in [3.8, 4) is 0 Å². The van der Waals surface area contributed by atoms with Gasteiger partial charge in [0, 0.05) is 43.1 Å². The monoisotopic (exact) mass is 389 g/mol. The molecule has 3 amide bonds. The summed E-state index contributed by atoms with van der Waals surface area (Å²) in [5.74, 6) is -0.780. The number of para-hydroxylation sites is 1. The average Bonchev–Trinajstić information content (AvgIpc) is 2.95. The van der Waals surface area contributed by atoms with E-state index in [0.29, 0.717) is 17.5 Å². The van der Waals surface area contributed by atoms with E-state index in [2.05, 4.69) is 10.3 Å². The molecule has 1 aromatic carbocycles. The van der Waals surface area contributed by atoms with Crippen LogP contribution < -0.4 is 10.9 Å². The molecule has 0 saturated carbocycles. The number of aliphatic hydroxyl groups is 1. The summed E-state index contributed by atoms with van der Waals surface area (Å²) in [5, 5.41) is 10.9. The zero-order valence-corrected chi connectivity index (χ0v) is 15.3. The summed E-state index contributed by atoms with van der Waals surface area (Å²) in [6.07, 6.45) is 0.255. The van der Waals surface area contributed by atoms with E-state index in [-0.39, 0.29) is 37.6 Å². The minimum atomic E-state index is -0.752. The van der Waals surface area contributed by atoms with E-state index in [9.17, 15) is 19.2 Å². The van der Waals surface area contributed by atoms with Crippen molar-refractivity contribution >= 4 is 39.7 Å². The van der Waals surface area contributed by atoms with E-state index in [0.717, 1.165) is 17.1 Å². The van der Waals surface area contributed by atoms with Crippen LogP contribution in [-0.4, -0.2) is 50.4 Å². The van der Waals surface area contributed by atoms with Gasteiger partial charge in [-0.05, 0) is 18.1 Å². The molecule has 142 valence electrons. The number of aromatic amines is 1. The van der Waals surface area contributed by atoms with Gasteiger partial charge in [-0.15, -0.1) is 0 Å². The second kappa shape index (κ2) is 8.36. The third-order valence-corrected chi connectivity index (χ3v) is 5.24. The Labute approximate surface area is 158 Å².